The average Bonchev–Trinajstić information content (AvgIpc) is 3.44. The average molecular weight is 610 g/mol. The van der Waals surface area contributed by atoms with Crippen LogP contribution in [0, 0.1) is 56.2 Å². The van der Waals surface area contributed by atoms with Gasteiger partial charge in [-0.1, -0.05) is 47.1 Å². The van der Waals surface area contributed by atoms with Crippen LogP contribution in [0.1, 0.15) is 119 Å². The van der Waals surface area contributed by atoms with Gasteiger partial charge in [0.1, 0.15) is 6.04 Å². The molecule has 244 valence electrons. The third-order valence-electron chi connectivity index (χ3n) is 15.4. The van der Waals surface area contributed by atoms with Crippen LogP contribution in [0.2, 0.25) is 0 Å². The number of likely N-dealkylation sites (tertiary alicyclic amines) is 1. The highest BCUT2D eigenvalue weighted by Crippen LogP contribution is 2.75. The van der Waals surface area contributed by atoms with Crippen LogP contribution in [-0.4, -0.2) is 53.3 Å². The summed E-state index contributed by atoms with van der Waals surface area (Å²) in [6.45, 7) is 16.4. The highest BCUT2D eigenvalue weighted by atomic mass is 16.5. The standard InChI is InChI=1S/C37H55NO6/c1-32(2)22(29(40)38-19-9-10-25(38)30(41)44-8)11-13-35(5)27(32)12-14-37(7)28(35)26(39)20-23-24-21-34(4,31(42)43)16-15-33(24,3)17-18-36(23,37)6/h20,22,24-25,27-28H,9-19,21H2,1-8H3,(H,42,43)/t22-,24+,25-,27+,28-,33-,34+,35+,36-,37?/m1/s1. The number of nitrogens with zero attached hydrogens (tertiary/aromatic N) is 1. The lowest BCUT2D eigenvalue weighted by molar-refractivity contribution is -0.197. The molecule has 7 nitrogen and oxygen atoms in total. The maximum absolute atomic E-state index is 14.6. The van der Waals surface area contributed by atoms with Crippen molar-refractivity contribution in [1.29, 1.82) is 0 Å². The van der Waals surface area contributed by atoms with Crippen LogP contribution in [0.25, 0.3) is 0 Å². The van der Waals surface area contributed by atoms with E-state index in [4.69, 9.17) is 4.74 Å². The number of carbonyl (C=O) groups is 4. The molecule has 0 aromatic rings. The van der Waals surface area contributed by atoms with Gasteiger partial charge in [-0.05, 0) is 123 Å². The Hall–Kier alpha value is -2.18. The van der Waals surface area contributed by atoms with Crippen LogP contribution < -0.4 is 0 Å². The number of methoxy groups -OCH3 is 1. The van der Waals surface area contributed by atoms with E-state index in [-0.39, 0.29) is 68.4 Å². The predicted octanol–water partition coefficient (Wildman–Crippen LogP) is 6.83. The quantitative estimate of drug-likeness (QED) is 0.352. The van der Waals surface area contributed by atoms with Gasteiger partial charge in [0.15, 0.2) is 5.78 Å². The molecular weight excluding hydrogens is 554 g/mol. The smallest absolute Gasteiger partial charge is 0.328 e. The molecule has 44 heavy (non-hydrogen) atoms. The van der Waals surface area contributed by atoms with Gasteiger partial charge in [0.2, 0.25) is 5.91 Å². The van der Waals surface area contributed by atoms with Crippen LogP contribution in [0.3, 0.4) is 0 Å². The molecule has 1 aliphatic heterocycles. The van der Waals surface area contributed by atoms with E-state index in [1.807, 2.05) is 13.0 Å². The molecule has 7 heteroatoms. The zero-order valence-corrected chi connectivity index (χ0v) is 28.4. The minimum atomic E-state index is -0.759. The van der Waals surface area contributed by atoms with E-state index in [1.54, 1.807) is 4.90 Å². The Bertz CT molecular complexity index is 1320. The summed E-state index contributed by atoms with van der Waals surface area (Å²) >= 11 is 0. The summed E-state index contributed by atoms with van der Waals surface area (Å²) in [4.78, 5) is 55.5. The van der Waals surface area contributed by atoms with E-state index in [1.165, 1.54) is 12.7 Å². The largest absolute Gasteiger partial charge is 0.481 e. The number of esters is 1. The summed E-state index contributed by atoms with van der Waals surface area (Å²) in [6, 6.07) is -0.491. The summed E-state index contributed by atoms with van der Waals surface area (Å²) in [5, 5.41) is 10.2. The highest BCUT2D eigenvalue weighted by molar-refractivity contribution is 5.96. The lowest BCUT2D eigenvalue weighted by atomic mass is 9.33. The summed E-state index contributed by atoms with van der Waals surface area (Å²) in [6.07, 6.45) is 11.2. The van der Waals surface area contributed by atoms with Crippen LogP contribution in [-0.2, 0) is 23.9 Å². The van der Waals surface area contributed by atoms with Crippen molar-refractivity contribution in [3.8, 4) is 0 Å². The van der Waals surface area contributed by atoms with E-state index in [9.17, 15) is 24.3 Å². The number of carboxylic acid groups (broad SMARTS) is 1. The molecule has 6 rings (SSSR count). The molecule has 5 aliphatic carbocycles. The molecule has 5 fully saturated rings. The number of fused-ring (bicyclic) bond motifs is 7. The number of carbonyl (C=O) groups excluding carboxylic acids is 3. The first-order valence-corrected chi connectivity index (χ1v) is 17.3. The molecule has 1 saturated heterocycles. The maximum atomic E-state index is 14.6. The first-order valence-electron chi connectivity index (χ1n) is 17.3. The van der Waals surface area contributed by atoms with Crippen molar-refractivity contribution < 1.29 is 29.0 Å². The molecule has 0 radical (unpaired) electrons. The van der Waals surface area contributed by atoms with Crippen molar-refractivity contribution in [2.75, 3.05) is 13.7 Å². The van der Waals surface area contributed by atoms with Gasteiger partial charge in [0.25, 0.3) is 0 Å². The molecule has 1 amide bonds. The summed E-state index contributed by atoms with van der Waals surface area (Å²) in [5.41, 5.74) is -0.456. The summed E-state index contributed by atoms with van der Waals surface area (Å²) in [7, 11) is 1.39. The first kappa shape index (κ1) is 31.8. The van der Waals surface area contributed by atoms with Crippen LogP contribution in [0.5, 0.6) is 0 Å². The van der Waals surface area contributed by atoms with E-state index < -0.39 is 17.4 Å². The van der Waals surface area contributed by atoms with Gasteiger partial charge in [-0.3, -0.25) is 14.4 Å². The fourth-order valence-electron chi connectivity index (χ4n) is 12.4. The topological polar surface area (TPSA) is 101 Å². The van der Waals surface area contributed by atoms with Crippen molar-refractivity contribution in [3.05, 3.63) is 11.6 Å². The number of allylic oxidation sites excluding steroid dienone is 2. The molecular formula is C37H55NO6. The molecule has 0 spiro atoms. The molecule has 1 heterocycles. The number of hydrogen-bond donors (Lipinski definition) is 1. The van der Waals surface area contributed by atoms with Crippen molar-refractivity contribution in [1.82, 2.24) is 4.90 Å². The van der Waals surface area contributed by atoms with Crippen molar-refractivity contribution >= 4 is 23.6 Å². The van der Waals surface area contributed by atoms with Gasteiger partial charge in [-0.2, -0.15) is 0 Å². The van der Waals surface area contributed by atoms with E-state index in [0.29, 0.717) is 32.2 Å². The molecule has 6 aliphatic rings. The Morgan fingerprint density at radius 3 is 2.25 bits per heavy atom. The Morgan fingerprint density at radius 2 is 1.59 bits per heavy atom. The van der Waals surface area contributed by atoms with Crippen LogP contribution >= 0.6 is 0 Å². The van der Waals surface area contributed by atoms with Gasteiger partial charge in [0, 0.05) is 18.4 Å². The van der Waals surface area contributed by atoms with Gasteiger partial charge in [0.05, 0.1) is 12.5 Å². The lowest BCUT2D eigenvalue weighted by Gasteiger charge is -2.70. The molecule has 4 saturated carbocycles. The molecule has 0 bridgehead atoms. The second-order valence-corrected chi connectivity index (χ2v) is 17.7. The fraction of sp³-hybridized carbons (Fsp3) is 0.838. The molecule has 1 N–H and O–H groups in total. The van der Waals surface area contributed by atoms with Crippen molar-refractivity contribution in [2.45, 2.75) is 125 Å². The van der Waals surface area contributed by atoms with Crippen molar-refractivity contribution in [3.63, 3.8) is 0 Å². The Morgan fingerprint density at radius 1 is 0.909 bits per heavy atom. The van der Waals surface area contributed by atoms with E-state index >= 15 is 0 Å². The zero-order chi connectivity index (χ0) is 32.3. The number of ether oxygens (including phenoxy) is 1. The summed E-state index contributed by atoms with van der Waals surface area (Å²) < 4.78 is 5.05. The number of ketones is 1. The number of amides is 1. The molecule has 0 aromatic carbocycles. The van der Waals surface area contributed by atoms with Crippen LogP contribution in [0.4, 0.5) is 0 Å². The monoisotopic (exact) mass is 609 g/mol. The Kier molecular flexibility index (Phi) is 7.16. The summed E-state index contributed by atoms with van der Waals surface area (Å²) in [5.74, 6) is -0.748. The fourth-order valence-corrected chi connectivity index (χ4v) is 12.4. The highest BCUT2D eigenvalue weighted by Gasteiger charge is 2.70. The minimum Gasteiger partial charge on any atom is -0.481 e. The predicted molar refractivity (Wildman–Crippen MR) is 167 cm³/mol. The third-order valence-corrected chi connectivity index (χ3v) is 15.4. The Balaban J connectivity index is 1.35. The molecule has 0 aromatic heterocycles. The number of hydrogen-bond acceptors (Lipinski definition) is 5. The number of rotatable bonds is 3. The van der Waals surface area contributed by atoms with Gasteiger partial charge in [-0.15, -0.1) is 0 Å². The van der Waals surface area contributed by atoms with Crippen molar-refractivity contribution in [2.24, 2.45) is 56.2 Å². The normalized spacial score (nSPS) is 47.8. The zero-order valence-electron chi connectivity index (χ0n) is 28.4. The first-order chi connectivity index (χ1) is 20.4. The third kappa shape index (κ3) is 4.04. The lowest BCUT2D eigenvalue weighted by Crippen LogP contribution is -2.66. The SMILES string of the molecule is COC(=O)[C@H]1CCCN1C(=O)[C@H]1CC[C@@]2(C)[C@@H](CCC3(C)[C@@H]2C(=O)C=C2[C@@H]4C[C@@](C)(C(=O)O)CC[C@]4(C)CC[C@]23C)C1(C)C. The number of aliphatic carboxylic acids is 1. The maximum Gasteiger partial charge on any atom is 0.328 e. The van der Waals surface area contributed by atoms with E-state index in [0.717, 1.165) is 44.9 Å². The molecule has 10 atom stereocenters. The van der Waals surface area contributed by atoms with E-state index in [2.05, 4.69) is 41.5 Å². The Labute approximate surface area is 263 Å². The molecule has 1 unspecified atom stereocenters. The number of carboxylic acids is 1. The second kappa shape index (κ2) is 9.91. The van der Waals surface area contributed by atoms with Crippen LogP contribution in [0.15, 0.2) is 11.6 Å². The second-order valence-electron chi connectivity index (χ2n) is 17.7. The minimum absolute atomic E-state index is 0.0307. The van der Waals surface area contributed by atoms with Gasteiger partial charge >= 0.3 is 11.9 Å². The van der Waals surface area contributed by atoms with Gasteiger partial charge in [-0.25, -0.2) is 4.79 Å². The van der Waals surface area contributed by atoms with Gasteiger partial charge < -0.3 is 14.7 Å².